The highest BCUT2D eigenvalue weighted by Crippen LogP contribution is 2.13. The molecule has 8 heteroatoms. The molecular weight excluding hydrogens is 256 g/mol. The molecule has 0 aliphatic carbocycles. The van der Waals surface area contributed by atoms with Crippen molar-refractivity contribution < 1.29 is 13.2 Å². The summed E-state index contributed by atoms with van der Waals surface area (Å²) in [5.41, 5.74) is 0. The number of ether oxygens (including phenoxy) is 1. The van der Waals surface area contributed by atoms with Crippen LogP contribution < -0.4 is 4.72 Å². The van der Waals surface area contributed by atoms with E-state index in [4.69, 9.17) is 4.74 Å². The zero-order valence-electron chi connectivity index (χ0n) is 10.1. The second-order valence-electron chi connectivity index (χ2n) is 4.35. The van der Waals surface area contributed by atoms with Gasteiger partial charge >= 0.3 is 0 Å². The van der Waals surface area contributed by atoms with E-state index < -0.39 is 10.0 Å². The SMILES string of the molecule is O=S(=O)(CC1CCCO1)NCCCc1ncn[nH]1. The molecule has 1 aliphatic heterocycles. The first-order valence-corrected chi connectivity index (χ1v) is 7.74. The first-order valence-electron chi connectivity index (χ1n) is 6.09. The van der Waals surface area contributed by atoms with Crippen LogP contribution in [0.3, 0.4) is 0 Å². The van der Waals surface area contributed by atoms with Gasteiger partial charge in [-0.2, -0.15) is 5.10 Å². The molecule has 7 nitrogen and oxygen atoms in total. The van der Waals surface area contributed by atoms with Crippen LogP contribution in [-0.2, 0) is 21.2 Å². The van der Waals surface area contributed by atoms with E-state index in [1.807, 2.05) is 0 Å². The summed E-state index contributed by atoms with van der Waals surface area (Å²) in [5, 5.41) is 6.46. The van der Waals surface area contributed by atoms with E-state index in [0.717, 1.165) is 18.7 Å². The lowest BCUT2D eigenvalue weighted by molar-refractivity contribution is 0.127. The standard InChI is InChI=1S/C10H18N4O3S/c15-18(16,7-9-3-2-6-17-9)13-5-1-4-10-11-8-12-14-10/h8-9,13H,1-7H2,(H,11,12,14). The molecule has 0 spiro atoms. The van der Waals surface area contributed by atoms with E-state index in [0.29, 0.717) is 26.0 Å². The second-order valence-corrected chi connectivity index (χ2v) is 6.20. The molecule has 2 N–H and O–H groups in total. The summed E-state index contributed by atoms with van der Waals surface area (Å²) in [5.74, 6) is 0.836. The zero-order valence-corrected chi connectivity index (χ0v) is 10.9. The smallest absolute Gasteiger partial charge is 0.214 e. The maximum absolute atomic E-state index is 11.7. The molecule has 1 aliphatic rings. The third-order valence-corrected chi connectivity index (χ3v) is 4.26. The molecule has 2 rings (SSSR count). The van der Waals surface area contributed by atoms with Gasteiger partial charge in [-0.05, 0) is 19.3 Å². The Morgan fingerprint density at radius 2 is 2.44 bits per heavy atom. The third-order valence-electron chi connectivity index (χ3n) is 2.81. The van der Waals surface area contributed by atoms with Crippen molar-refractivity contribution in [2.45, 2.75) is 31.8 Å². The van der Waals surface area contributed by atoms with Crippen LogP contribution in [0.1, 0.15) is 25.1 Å². The quantitative estimate of drug-likeness (QED) is 0.673. The number of hydrogen-bond donors (Lipinski definition) is 2. The molecule has 0 saturated carbocycles. The summed E-state index contributed by atoms with van der Waals surface area (Å²) in [6, 6.07) is 0. The van der Waals surface area contributed by atoms with Crippen molar-refractivity contribution >= 4 is 10.0 Å². The van der Waals surface area contributed by atoms with Crippen molar-refractivity contribution in [2.24, 2.45) is 0 Å². The Balaban J connectivity index is 1.65. The summed E-state index contributed by atoms with van der Waals surface area (Å²) in [7, 11) is -3.23. The van der Waals surface area contributed by atoms with E-state index in [1.54, 1.807) is 0 Å². The van der Waals surface area contributed by atoms with Crippen LogP contribution in [0, 0.1) is 0 Å². The number of H-pyrrole nitrogens is 1. The minimum Gasteiger partial charge on any atom is -0.377 e. The van der Waals surface area contributed by atoms with Crippen molar-refractivity contribution in [1.29, 1.82) is 0 Å². The first-order chi connectivity index (χ1) is 8.66. The van der Waals surface area contributed by atoms with Gasteiger partial charge in [0.15, 0.2) is 0 Å². The van der Waals surface area contributed by atoms with Crippen LogP contribution in [0.4, 0.5) is 0 Å². The van der Waals surface area contributed by atoms with Gasteiger partial charge in [-0.3, -0.25) is 5.10 Å². The molecule has 1 aromatic heterocycles. The molecule has 1 atom stereocenters. The van der Waals surface area contributed by atoms with Gasteiger partial charge in [-0.25, -0.2) is 18.1 Å². The molecule has 0 radical (unpaired) electrons. The van der Waals surface area contributed by atoms with Crippen LogP contribution in [0.2, 0.25) is 0 Å². The summed E-state index contributed by atoms with van der Waals surface area (Å²) < 4.78 is 31.3. The molecule has 0 amide bonds. The number of aromatic amines is 1. The number of nitrogens with zero attached hydrogens (tertiary/aromatic N) is 2. The minimum atomic E-state index is -3.23. The van der Waals surface area contributed by atoms with Gasteiger partial charge in [0.1, 0.15) is 12.2 Å². The van der Waals surface area contributed by atoms with Crippen molar-refractivity contribution in [3.05, 3.63) is 12.2 Å². The van der Waals surface area contributed by atoms with Crippen LogP contribution in [0.15, 0.2) is 6.33 Å². The van der Waals surface area contributed by atoms with Crippen molar-refractivity contribution in [2.75, 3.05) is 18.9 Å². The van der Waals surface area contributed by atoms with Crippen LogP contribution >= 0.6 is 0 Å². The Hall–Kier alpha value is -0.990. The Bertz CT molecular complexity index is 440. The van der Waals surface area contributed by atoms with Crippen molar-refractivity contribution in [1.82, 2.24) is 19.9 Å². The molecule has 0 bridgehead atoms. The number of sulfonamides is 1. The number of aromatic nitrogens is 3. The lowest BCUT2D eigenvalue weighted by Crippen LogP contribution is -2.32. The summed E-state index contributed by atoms with van der Waals surface area (Å²) in [6.45, 7) is 1.08. The fraction of sp³-hybridized carbons (Fsp3) is 0.800. The molecular formula is C10H18N4O3S. The van der Waals surface area contributed by atoms with E-state index in [1.165, 1.54) is 6.33 Å². The van der Waals surface area contributed by atoms with Gasteiger partial charge in [-0.1, -0.05) is 0 Å². The number of hydrogen-bond acceptors (Lipinski definition) is 5. The topological polar surface area (TPSA) is 97.0 Å². The van der Waals surface area contributed by atoms with Crippen molar-refractivity contribution in [3.63, 3.8) is 0 Å². The van der Waals surface area contributed by atoms with Crippen LogP contribution in [0.5, 0.6) is 0 Å². The number of rotatable bonds is 7. The third kappa shape index (κ3) is 4.35. The lowest BCUT2D eigenvalue weighted by Gasteiger charge is -2.10. The fourth-order valence-corrected chi connectivity index (χ4v) is 3.24. The highest BCUT2D eigenvalue weighted by atomic mass is 32.2. The molecule has 102 valence electrons. The van der Waals surface area contributed by atoms with Gasteiger partial charge in [-0.15, -0.1) is 0 Å². The highest BCUT2D eigenvalue weighted by molar-refractivity contribution is 7.89. The Labute approximate surface area is 106 Å². The summed E-state index contributed by atoms with van der Waals surface area (Å²) >= 11 is 0. The molecule has 1 saturated heterocycles. The van der Waals surface area contributed by atoms with E-state index in [-0.39, 0.29) is 11.9 Å². The first kappa shape index (κ1) is 13.4. The van der Waals surface area contributed by atoms with Gasteiger partial charge in [0.2, 0.25) is 10.0 Å². The monoisotopic (exact) mass is 274 g/mol. The number of nitrogens with one attached hydrogen (secondary N) is 2. The van der Waals surface area contributed by atoms with Gasteiger partial charge in [0.25, 0.3) is 0 Å². The average Bonchev–Trinajstić information content (AvgIpc) is 2.96. The second kappa shape index (κ2) is 6.26. The Kier molecular flexibility index (Phi) is 4.67. The Morgan fingerprint density at radius 1 is 1.56 bits per heavy atom. The van der Waals surface area contributed by atoms with Crippen LogP contribution in [0.25, 0.3) is 0 Å². The normalized spacial score (nSPS) is 20.3. The maximum atomic E-state index is 11.7. The van der Waals surface area contributed by atoms with E-state index in [2.05, 4.69) is 19.9 Å². The fourth-order valence-electron chi connectivity index (χ4n) is 1.91. The summed E-state index contributed by atoms with van der Waals surface area (Å²) in [4.78, 5) is 3.97. The molecule has 2 heterocycles. The lowest BCUT2D eigenvalue weighted by atomic mass is 10.3. The van der Waals surface area contributed by atoms with Gasteiger partial charge < -0.3 is 4.74 Å². The maximum Gasteiger partial charge on any atom is 0.214 e. The average molecular weight is 274 g/mol. The molecule has 1 unspecified atom stereocenters. The molecule has 18 heavy (non-hydrogen) atoms. The minimum absolute atomic E-state index is 0.0648. The predicted molar refractivity (Wildman–Crippen MR) is 65.5 cm³/mol. The van der Waals surface area contributed by atoms with E-state index >= 15 is 0 Å². The van der Waals surface area contributed by atoms with Gasteiger partial charge in [0.05, 0.1) is 11.9 Å². The van der Waals surface area contributed by atoms with Crippen LogP contribution in [-0.4, -0.2) is 48.6 Å². The predicted octanol–water partition coefficient (Wildman–Crippen LogP) is -0.164. The molecule has 1 fully saturated rings. The van der Waals surface area contributed by atoms with E-state index in [9.17, 15) is 8.42 Å². The van der Waals surface area contributed by atoms with Crippen molar-refractivity contribution in [3.8, 4) is 0 Å². The Morgan fingerprint density at radius 3 is 3.11 bits per heavy atom. The van der Waals surface area contributed by atoms with Gasteiger partial charge in [0, 0.05) is 19.6 Å². The largest absolute Gasteiger partial charge is 0.377 e. The molecule has 0 aromatic carbocycles. The number of aryl methyl sites for hydroxylation is 1. The zero-order chi connectivity index (χ0) is 12.8. The highest BCUT2D eigenvalue weighted by Gasteiger charge is 2.22. The summed E-state index contributed by atoms with van der Waals surface area (Å²) in [6.07, 6.45) is 4.46. The molecule has 1 aromatic rings.